The topological polar surface area (TPSA) is 94.8 Å². The zero-order valence-corrected chi connectivity index (χ0v) is 15.9. The Hall–Kier alpha value is -3.29. The van der Waals surface area contributed by atoms with Crippen LogP contribution < -0.4 is 10.1 Å². The van der Waals surface area contributed by atoms with E-state index >= 15 is 0 Å². The standard InChI is InChI=1S/C20H22N6O2/c1-13-5-3-4-6-15-9-14(7-8-21-15)19-16(25-20(13)27)11-24-26(19)17-10-18(28-2)23-12-22-17/h7-13H,3-6H2,1-2H3,(H,25,27). The second kappa shape index (κ2) is 7.75. The number of pyridine rings is 1. The van der Waals surface area contributed by atoms with E-state index in [1.165, 1.54) is 6.33 Å². The summed E-state index contributed by atoms with van der Waals surface area (Å²) in [5.74, 6) is 0.924. The fourth-order valence-corrected chi connectivity index (χ4v) is 3.35. The number of aryl methyl sites for hydroxylation is 1. The number of hydrogen-bond donors (Lipinski definition) is 1. The SMILES string of the molecule is COc1cc(-n2ncc3c2-c2ccnc(c2)CCCCC(C)C(=O)N3)ncn1. The van der Waals surface area contributed by atoms with E-state index in [0.717, 1.165) is 42.6 Å². The van der Waals surface area contributed by atoms with Gasteiger partial charge in [-0.1, -0.05) is 13.3 Å². The molecule has 3 aromatic heterocycles. The fourth-order valence-electron chi connectivity index (χ4n) is 3.35. The summed E-state index contributed by atoms with van der Waals surface area (Å²) in [6.07, 6.45) is 8.60. The highest BCUT2D eigenvalue weighted by atomic mass is 16.5. The van der Waals surface area contributed by atoms with Gasteiger partial charge in [0.25, 0.3) is 0 Å². The molecule has 8 nitrogen and oxygen atoms in total. The number of nitrogens with one attached hydrogen (secondary N) is 1. The van der Waals surface area contributed by atoms with Crippen LogP contribution in [0.5, 0.6) is 5.88 Å². The Kier molecular flexibility index (Phi) is 5.01. The van der Waals surface area contributed by atoms with Crippen molar-refractivity contribution in [1.29, 1.82) is 0 Å². The van der Waals surface area contributed by atoms with E-state index in [9.17, 15) is 4.79 Å². The fraction of sp³-hybridized carbons (Fsp3) is 0.350. The van der Waals surface area contributed by atoms with Gasteiger partial charge in [0.1, 0.15) is 6.33 Å². The Morgan fingerprint density at radius 1 is 1.21 bits per heavy atom. The molecule has 8 heteroatoms. The minimum atomic E-state index is -0.0685. The lowest BCUT2D eigenvalue weighted by Gasteiger charge is -2.15. The number of carbonyl (C=O) groups is 1. The minimum absolute atomic E-state index is 0.00378. The molecule has 28 heavy (non-hydrogen) atoms. The lowest BCUT2D eigenvalue weighted by atomic mass is 10.00. The van der Waals surface area contributed by atoms with Crippen molar-refractivity contribution in [2.45, 2.75) is 32.6 Å². The molecule has 0 saturated heterocycles. The number of hydrogen-bond acceptors (Lipinski definition) is 6. The number of aromatic nitrogens is 5. The van der Waals surface area contributed by atoms with Crippen molar-refractivity contribution >= 4 is 11.6 Å². The van der Waals surface area contributed by atoms with Gasteiger partial charge in [0.05, 0.1) is 24.7 Å². The molecule has 0 aliphatic carbocycles. The van der Waals surface area contributed by atoms with E-state index in [2.05, 4.69) is 25.4 Å². The van der Waals surface area contributed by atoms with Crippen molar-refractivity contribution in [3.63, 3.8) is 0 Å². The third kappa shape index (κ3) is 3.58. The summed E-state index contributed by atoms with van der Waals surface area (Å²) in [5.41, 5.74) is 3.34. The van der Waals surface area contributed by atoms with Gasteiger partial charge in [0.2, 0.25) is 11.8 Å². The van der Waals surface area contributed by atoms with E-state index in [1.807, 2.05) is 19.1 Å². The van der Waals surface area contributed by atoms with Crippen LogP contribution in [0, 0.1) is 5.92 Å². The normalized spacial score (nSPS) is 17.1. The predicted molar refractivity (Wildman–Crippen MR) is 104 cm³/mol. The quantitative estimate of drug-likeness (QED) is 0.736. The summed E-state index contributed by atoms with van der Waals surface area (Å²) < 4.78 is 6.90. The van der Waals surface area contributed by atoms with Crippen LogP contribution in [0.25, 0.3) is 17.1 Å². The third-order valence-corrected chi connectivity index (χ3v) is 4.94. The van der Waals surface area contributed by atoms with Gasteiger partial charge in [0.15, 0.2) is 5.82 Å². The monoisotopic (exact) mass is 378 g/mol. The molecule has 0 saturated carbocycles. The summed E-state index contributed by atoms with van der Waals surface area (Å²) in [6, 6.07) is 5.67. The molecular weight excluding hydrogens is 356 g/mol. The Balaban J connectivity index is 1.87. The molecule has 0 fully saturated rings. The highest BCUT2D eigenvalue weighted by Gasteiger charge is 2.21. The first kappa shape index (κ1) is 18.1. The number of ether oxygens (including phenoxy) is 1. The largest absolute Gasteiger partial charge is 0.481 e. The Labute approximate surface area is 163 Å². The number of amides is 1. The number of nitrogens with zero attached hydrogens (tertiary/aromatic N) is 5. The zero-order chi connectivity index (χ0) is 19.5. The molecule has 1 aliphatic heterocycles. The van der Waals surface area contributed by atoms with Gasteiger partial charge in [-0.2, -0.15) is 5.10 Å². The average molecular weight is 378 g/mol. The minimum Gasteiger partial charge on any atom is -0.481 e. The smallest absolute Gasteiger partial charge is 0.227 e. The Bertz CT molecular complexity index is 1000. The molecule has 144 valence electrons. The van der Waals surface area contributed by atoms with Crippen LogP contribution in [0.3, 0.4) is 0 Å². The van der Waals surface area contributed by atoms with Gasteiger partial charge >= 0.3 is 0 Å². The Morgan fingerprint density at radius 3 is 2.96 bits per heavy atom. The van der Waals surface area contributed by atoms with Crippen molar-refractivity contribution in [2.24, 2.45) is 5.92 Å². The summed E-state index contributed by atoms with van der Waals surface area (Å²) in [4.78, 5) is 25.5. The highest BCUT2D eigenvalue weighted by molar-refractivity contribution is 5.96. The maximum Gasteiger partial charge on any atom is 0.227 e. The number of fused-ring (bicyclic) bond motifs is 4. The molecule has 0 spiro atoms. The predicted octanol–water partition coefficient (Wildman–Crippen LogP) is 3.03. The second-order valence-corrected chi connectivity index (χ2v) is 6.91. The van der Waals surface area contributed by atoms with Gasteiger partial charge in [-0.25, -0.2) is 14.6 Å². The molecule has 0 radical (unpaired) electrons. The maximum absolute atomic E-state index is 12.7. The van der Waals surface area contributed by atoms with Gasteiger partial charge in [-0.3, -0.25) is 9.78 Å². The molecular formula is C20H22N6O2. The average Bonchev–Trinajstić information content (AvgIpc) is 3.14. The molecule has 1 aliphatic rings. The Morgan fingerprint density at radius 2 is 2.11 bits per heavy atom. The lowest BCUT2D eigenvalue weighted by Crippen LogP contribution is -2.21. The number of carbonyl (C=O) groups excluding carboxylic acids is 1. The molecule has 1 atom stereocenters. The van der Waals surface area contributed by atoms with Gasteiger partial charge in [-0.05, 0) is 31.4 Å². The van der Waals surface area contributed by atoms with Crippen LogP contribution >= 0.6 is 0 Å². The van der Waals surface area contributed by atoms with Gasteiger partial charge in [-0.15, -0.1) is 0 Å². The van der Waals surface area contributed by atoms with Crippen molar-refractivity contribution in [2.75, 3.05) is 12.4 Å². The molecule has 4 heterocycles. The first-order valence-corrected chi connectivity index (χ1v) is 9.36. The van der Waals surface area contributed by atoms with E-state index in [1.54, 1.807) is 30.3 Å². The van der Waals surface area contributed by atoms with E-state index < -0.39 is 0 Å². The first-order chi connectivity index (χ1) is 13.7. The van der Waals surface area contributed by atoms with Crippen LogP contribution in [-0.4, -0.2) is 37.7 Å². The van der Waals surface area contributed by atoms with E-state index in [0.29, 0.717) is 17.4 Å². The summed E-state index contributed by atoms with van der Waals surface area (Å²) in [7, 11) is 1.55. The molecule has 3 aromatic rings. The van der Waals surface area contributed by atoms with Crippen LogP contribution in [0.2, 0.25) is 0 Å². The van der Waals surface area contributed by atoms with E-state index in [-0.39, 0.29) is 11.8 Å². The summed E-state index contributed by atoms with van der Waals surface area (Å²) in [6.45, 7) is 1.96. The lowest BCUT2D eigenvalue weighted by molar-refractivity contribution is -0.119. The van der Waals surface area contributed by atoms with Crippen LogP contribution in [0.15, 0.2) is 36.9 Å². The maximum atomic E-state index is 12.7. The molecule has 1 N–H and O–H groups in total. The van der Waals surface area contributed by atoms with Crippen LogP contribution in [0.4, 0.5) is 5.69 Å². The first-order valence-electron chi connectivity index (χ1n) is 9.36. The van der Waals surface area contributed by atoms with Crippen molar-refractivity contribution in [3.05, 3.63) is 42.6 Å². The second-order valence-electron chi connectivity index (χ2n) is 6.91. The van der Waals surface area contributed by atoms with Gasteiger partial charge in [0, 0.05) is 29.4 Å². The van der Waals surface area contributed by atoms with Crippen LogP contribution in [-0.2, 0) is 11.2 Å². The molecule has 4 rings (SSSR count). The van der Waals surface area contributed by atoms with Crippen molar-refractivity contribution in [1.82, 2.24) is 24.7 Å². The van der Waals surface area contributed by atoms with Crippen molar-refractivity contribution in [3.8, 4) is 23.0 Å². The zero-order valence-electron chi connectivity index (χ0n) is 15.9. The van der Waals surface area contributed by atoms with E-state index in [4.69, 9.17) is 4.74 Å². The van der Waals surface area contributed by atoms with Gasteiger partial charge < -0.3 is 10.1 Å². The third-order valence-electron chi connectivity index (χ3n) is 4.94. The summed E-state index contributed by atoms with van der Waals surface area (Å²) in [5, 5.41) is 7.52. The molecule has 2 bridgehead atoms. The molecule has 0 aromatic carbocycles. The molecule has 1 unspecified atom stereocenters. The molecule has 1 amide bonds. The number of anilines is 1. The van der Waals surface area contributed by atoms with Crippen molar-refractivity contribution < 1.29 is 9.53 Å². The highest BCUT2D eigenvalue weighted by Crippen LogP contribution is 2.32. The number of rotatable bonds is 2. The van der Waals surface area contributed by atoms with Crippen LogP contribution in [0.1, 0.15) is 31.9 Å². The summed E-state index contributed by atoms with van der Waals surface area (Å²) >= 11 is 0. The number of methoxy groups -OCH3 is 1.